The lowest BCUT2D eigenvalue weighted by atomic mass is 9.99. The third-order valence-electron chi connectivity index (χ3n) is 3.30. The maximum atomic E-state index is 10.8. The first-order chi connectivity index (χ1) is 11.9. The van der Waals surface area contributed by atoms with Crippen LogP contribution in [-0.2, 0) is 24.4 Å². The fourth-order valence-electron chi connectivity index (χ4n) is 2.09. The molecule has 2 rings (SSSR count). The van der Waals surface area contributed by atoms with Crippen molar-refractivity contribution in [3.05, 3.63) is 34.4 Å². The van der Waals surface area contributed by atoms with Crippen LogP contribution in [0.15, 0.2) is 24.3 Å². The molecule has 0 bridgehead atoms. The van der Waals surface area contributed by atoms with Crippen molar-refractivity contribution in [3.63, 3.8) is 0 Å². The molecule has 1 heterocycles. The van der Waals surface area contributed by atoms with Gasteiger partial charge in [-0.15, -0.1) is 0 Å². The molecular formula is C12H16NO11P. The van der Waals surface area contributed by atoms with Gasteiger partial charge in [0, 0.05) is 15.5 Å². The number of non-ortho nitro benzene ring substituents is 1. The lowest BCUT2D eigenvalue weighted by molar-refractivity contribution is -0.608. The van der Waals surface area contributed by atoms with Crippen LogP contribution in [0.1, 0.15) is 0 Å². The quantitative estimate of drug-likeness (QED) is 0.173. The van der Waals surface area contributed by atoms with Crippen molar-refractivity contribution in [1.29, 1.82) is 0 Å². The molecule has 1 aliphatic rings. The highest BCUT2D eigenvalue weighted by molar-refractivity contribution is 7.09. The van der Waals surface area contributed by atoms with Crippen LogP contribution in [0.2, 0.25) is 0 Å². The summed E-state index contributed by atoms with van der Waals surface area (Å²) in [4.78, 5) is 14.7. The molecule has 1 aliphatic heterocycles. The van der Waals surface area contributed by atoms with E-state index < -0.39 is 42.2 Å². The van der Waals surface area contributed by atoms with E-state index in [0.717, 1.165) is 6.07 Å². The van der Waals surface area contributed by atoms with Gasteiger partial charge in [0.2, 0.25) is 6.29 Å². The Morgan fingerprint density at radius 3 is 2.64 bits per heavy atom. The summed E-state index contributed by atoms with van der Waals surface area (Å²) in [6, 6.07) is 5.15. The van der Waals surface area contributed by atoms with Gasteiger partial charge in [-0.3, -0.25) is 10.1 Å². The Labute approximate surface area is 143 Å². The Morgan fingerprint density at radius 1 is 1.20 bits per heavy atom. The first-order valence-electron chi connectivity index (χ1n) is 6.86. The van der Waals surface area contributed by atoms with Crippen LogP contribution in [0.5, 0.6) is 5.75 Å². The lowest BCUT2D eigenvalue weighted by Crippen LogP contribution is -2.60. The Hall–Kier alpha value is -1.47. The molecule has 1 unspecified atom stereocenters. The smallest absolute Gasteiger partial charge is 0.273 e. The normalized spacial score (nSPS) is 29.4. The largest absolute Gasteiger partial charge is 0.462 e. The zero-order valence-corrected chi connectivity index (χ0v) is 13.7. The number of aliphatic hydroxyl groups excluding tert-OH is 3. The summed E-state index contributed by atoms with van der Waals surface area (Å²) < 4.78 is 14.7. The van der Waals surface area contributed by atoms with Crippen molar-refractivity contribution >= 4 is 15.2 Å². The number of rotatable bonds is 8. The van der Waals surface area contributed by atoms with Crippen LogP contribution < -0.4 is 4.74 Å². The van der Waals surface area contributed by atoms with Crippen LogP contribution in [-0.4, -0.2) is 57.6 Å². The van der Waals surface area contributed by atoms with Crippen LogP contribution >= 0.6 is 9.47 Å². The van der Waals surface area contributed by atoms with Crippen molar-refractivity contribution in [2.24, 2.45) is 0 Å². The lowest BCUT2D eigenvalue weighted by Gasteiger charge is -2.39. The second-order valence-electron chi connectivity index (χ2n) is 4.90. The molecule has 13 heteroatoms. The maximum absolute atomic E-state index is 10.8. The molecule has 0 saturated carbocycles. The third-order valence-corrected chi connectivity index (χ3v) is 3.38. The first kappa shape index (κ1) is 19.8. The number of aliphatic hydroxyl groups is 3. The highest BCUT2D eigenvalue weighted by atomic mass is 31.0. The second kappa shape index (κ2) is 9.29. The first-order valence-corrected chi connectivity index (χ1v) is 7.33. The number of benzene rings is 1. The van der Waals surface area contributed by atoms with E-state index in [-0.39, 0.29) is 11.4 Å². The van der Waals surface area contributed by atoms with Crippen molar-refractivity contribution < 1.29 is 49.4 Å². The number of nitro groups is 1. The van der Waals surface area contributed by atoms with E-state index in [1.807, 2.05) is 0 Å². The molecule has 140 valence electrons. The molecule has 0 amide bonds. The van der Waals surface area contributed by atoms with Gasteiger partial charge in [0.15, 0.2) is 0 Å². The van der Waals surface area contributed by atoms with Crippen LogP contribution in [0.25, 0.3) is 0 Å². The molecule has 1 fully saturated rings. The predicted octanol–water partition coefficient (Wildman–Crippen LogP) is -0.617. The van der Waals surface area contributed by atoms with Gasteiger partial charge in [-0.2, -0.15) is 4.67 Å². The van der Waals surface area contributed by atoms with E-state index in [1.165, 1.54) is 18.2 Å². The number of hydrogen-bond donors (Lipinski definition) is 3. The van der Waals surface area contributed by atoms with E-state index in [0.29, 0.717) is 0 Å². The Bertz CT molecular complexity index is 576. The van der Waals surface area contributed by atoms with Crippen molar-refractivity contribution in [2.45, 2.75) is 30.7 Å². The summed E-state index contributed by atoms with van der Waals surface area (Å²) in [5.74, 6) is 0.0255. The summed E-state index contributed by atoms with van der Waals surface area (Å²) >= 11 is 0. The van der Waals surface area contributed by atoms with Gasteiger partial charge in [-0.25, -0.2) is 4.89 Å². The fraction of sp³-hybridized carbons (Fsp3) is 0.500. The second-order valence-corrected chi connectivity index (χ2v) is 5.10. The van der Waals surface area contributed by atoms with Gasteiger partial charge < -0.3 is 24.8 Å². The number of ether oxygens (including phenoxy) is 2. The molecule has 0 aliphatic carbocycles. The van der Waals surface area contributed by atoms with Crippen molar-refractivity contribution in [3.8, 4) is 5.75 Å². The summed E-state index contributed by atoms with van der Waals surface area (Å²) in [6.45, 7) is -0.409. The monoisotopic (exact) mass is 381 g/mol. The topological polar surface area (TPSA) is 159 Å². The molecular weight excluding hydrogens is 365 g/mol. The number of nitrogens with zero attached hydrogens (tertiary/aromatic N) is 1. The van der Waals surface area contributed by atoms with Crippen molar-refractivity contribution in [1.82, 2.24) is 0 Å². The van der Waals surface area contributed by atoms with Crippen LogP contribution in [0.4, 0.5) is 5.69 Å². The number of hydrogen-bond acceptors (Lipinski definition) is 11. The summed E-state index contributed by atoms with van der Waals surface area (Å²) in [5, 5.41) is 48.6. The zero-order valence-electron chi connectivity index (χ0n) is 12.5. The van der Waals surface area contributed by atoms with Gasteiger partial charge in [-0.1, -0.05) is 6.07 Å². The van der Waals surface area contributed by atoms with E-state index >= 15 is 0 Å². The Balaban J connectivity index is 2.03. The van der Waals surface area contributed by atoms with Gasteiger partial charge in [0.05, 0.1) is 11.0 Å². The van der Waals surface area contributed by atoms with Gasteiger partial charge in [0.1, 0.15) is 36.8 Å². The van der Waals surface area contributed by atoms with E-state index in [2.05, 4.69) is 19.6 Å². The van der Waals surface area contributed by atoms with Crippen LogP contribution in [0, 0.1) is 10.1 Å². The molecule has 12 nitrogen and oxygen atoms in total. The van der Waals surface area contributed by atoms with E-state index in [1.54, 1.807) is 9.47 Å². The van der Waals surface area contributed by atoms with Crippen LogP contribution in [0.3, 0.4) is 0 Å². The predicted molar refractivity (Wildman–Crippen MR) is 79.3 cm³/mol. The van der Waals surface area contributed by atoms with Gasteiger partial charge in [0.25, 0.3) is 5.69 Å². The molecule has 0 radical (unpaired) electrons. The average molecular weight is 381 g/mol. The molecule has 6 atom stereocenters. The highest BCUT2D eigenvalue weighted by Gasteiger charge is 2.45. The summed E-state index contributed by atoms with van der Waals surface area (Å²) in [6.07, 6.45) is -7.33. The van der Waals surface area contributed by atoms with Gasteiger partial charge in [-0.05, 0) is 16.1 Å². The van der Waals surface area contributed by atoms with E-state index in [4.69, 9.17) is 9.47 Å². The van der Waals surface area contributed by atoms with Crippen molar-refractivity contribution in [2.75, 3.05) is 6.61 Å². The molecule has 0 aromatic heterocycles. The zero-order chi connectivity index (χ0) is 18.4. The molecule has 0 spiro atoms. The molecule has 1 aromatic carbocycles. The average Bonchev–Trinajstić information content (AvgIpc) is 2.60. The fourth-order valence-corrected chi connectivity index (χ4v) is 2.12. The molecule has 1 saturated heterocycles. The van der Waals surface area contributed by atoms with Gasteiger partial charge >= 0.3 is 0 Å². The summed E-state index contributed by atoms with van der Waals surface area (Å²) in [5.41, 5.74) is -0.230. The minimum absolute atomic E-state index is 0.0255. The molecule has 25 heavy (non-hydrogen) atoms. The maximum Gasteiger partial charge on any atom is 0.273 e. The molecule has 3 N–H and O–H groups in total. The molecule has 1 aromatic rings. The SMILES string of the molecule is O=[N+]([O-])c1cccc(O[C@H]2O[C@@H](COOOOP)[C@@H](O)[C@@H](O)[C@@H]2O)c1. The minimum atomic E-state index is -1.62. The number of nitro benzene ring substituents is 1. The summed E-state index contributed by atoms with van der Waals surface area (Å²) in [7, 11) is 1.72. The standard InChI is InChI=1S/C12H16NO11P/c14-9-8(5-19-22-23-24-25)21-12(11(16)10(9)15)20-7-3-1-2-6(4-7)13(17)18/h1-4,8-12,14-16H,5,25H2/t8-,9+,10+,11-,12-/m0/s1. The Morgan fingerprint density at radius 2 is 1.96 bits per heavy atom. The van der Waals surface area contributed by atoms with E-state index in [9.17, 15) is 25.4 Å². The minimum Gasteiger partial charge on any atom is -0.462 e. The third kappa shape index (κ3) is 5.25. The Kier molecular flexibility index (Phi) is 7.38. The highest BCUT2D eigenvalue weighted by Crippen LogP contribution is 2.26.